The number of nitrogens with one attached hydrogen (secondary N) is 1. The average Bonchev–Trinajstić information content (AvgIpc) is 3.12. The Hall–Kier alpha value is -2.48. The summed E-state index contributed by atoms with van der Waals surface area (Å²) in [6.45, 7) is 0. The lowest BCUT2D eigenvalue weighted by Gasteiger charge is -2.11. The van der Waals surface area contributed by atoms with Crippen molar-refractivity contribution in [1.82, 2.24) is 5.32 Å². The molecule has 0 spiro atoms. The number of fused-ring (bicyclic) bond motifs is 1. The lowest BCUT2D eigenvalue weighted by molar-refractivity contribution is -0.384. The fraction of sp³-hybridized carbons (Fsp3) is 0.333. The highest BCUT2D eigenvalue weighted by molar-refractivity contribution is 7.20. The van der Waals surface area contributed by atoms with Crippen LogP contribution in [0.15, 0.2) is 24.3 Å². The third-order valence-corrected chi connectivity index (χ3v) is 5.17. The first-order chi connectivity index (χ1) is 10.9. The van der Waals surface area contributed by atoms with Gasteiger partial charge in [0.2, 0.25) is 0 Å². The number of carbonyl (C=O) groups excluding carboxylic acids is 1. The summed E-state index contributed by atoms with van der Waals surface area (Å²) < 4.78 is 0.801. The molecule has 3 rings (SSSR count). The minimum Gasteiger partial charge on any atom is -0.481 e. The highest BCUT2D eigenvalue weighted by Gasteiger charge is 2.30. The summed E-state index contributed by atoms with van der Waals surface area (Å²) in [5.74, 6) is -1.48. The Labute approximate surface area is 135 Å². The molecule has 23 heavy (non-hydrogen) atoms. The molecule has 1 heterocycles. The Morgan fingerprint density at radius 2 is 2.09 bits per heavy atom. The topological polar surface area (TPSA) is 110 Å². The highest BCUT2D eigenvalue weighted by Crippen LogP contribution is 2.30. The number of carboxylic acids is 1. The molecule has 1 aliphatic rings. The van der Waals surface area contributed by atoms with Gasteiger partial charge in [0.25, 0.3) is 11.6 Å². The summed E-state index contributed by atoms with van der Waals surface area (Å²) in [6.07, 6.45) is 1.66. The van der Waals surface area contributed by atoms with Gasteiger partial charge in [-0.05, 0) is 31.4 Å². The Balaban J connectivity index is 1.74. The van der Waals surface area contributed by atoms with Crippen molar-refractivity contribution in [2.24, 2.45) is 5.92 Å². The number of carbonyl (C=O) groups is 2. The molecular weight excluding hydrogens is 320 g/mol. The van der Waals surface area contributed by atoms with Gasteiger partial charge in [-0.3, -0.25) is 19.7 Å². The summed E-state index contributed by atoms with van der Waals surface area (Å²) >= 11 is 1.27. The molecule has 2 aromatic rings. The van der Waals surface area contributed by atoms with Crippen LogP contribution in [0.4, 0.5) is 5.69 Å². The maximum absolute atomic E-state index is 12.3. The first-order valence-electron chi connectivity index (χ1n) is 7.15. The molecule has 0 saturated heterocycles. The van der Waals surface area contributed by atoms with Crippen molar-refractivity contribution < 1.29 is 19.6 Å². The number of rotatable bonds is 4. The van der Waals surface area contributed by atoms with Gasteiger partial charge in [-0.2, -0.15) is 0 Å². The number of amides is 1. The van der Waals surface area contributed by atoms with E-state index in [1.54, 1.807) is 12.1 Å². The van der Waals surface area contributed by atoms with Gasteiger partial charge in [0.15, 0.2) is 0 Å². The Morgan fingerprint density at radius 3 is 2.74 bits per heavy atom. The molecule has 0 radical (unpaired) electrons. The lowest BCUT2D eigenvalue weighted by atomic mass is 10.1. The van der Waals surface area contributed by atoms with Crippen molar-refractivity contribution >= 4 is 39.0 Å². The predicted molar refractivity (Wildman–Crippen MR) is 84.7 cm³/mol. The van der Waals surface area contributed by atoms with Crippen molar-refractivity contribution in [3.05, 3.63) is 39.3 Å². The number of hydrogen-bond acceptors (Lipinski definition) is 5. The molecular formula is C15H14N2O5S. The Bertz CT molecular complexity index is 800. The molecule has 1 aliphatic carbocycles. The lowest BCUT2D eigenvalue weighted by Crippen LogP contribution is -2.32. The Morgan fingerprint density at radius 1 is 1.30 bits per heavy atom. The summed E-state index contributed by atoms with van der Waals surface area (Å²) in [7, 11) is 0. The number of nitrogens with zero attached hydrogens (tertiary/aromatic N) is 1. The quantitative estimate of drug-likeness (QED) is 0.660. The van der Waals surface area contributed by atoms with E-state index in [1.807, 2.05) is 0 Å². The van der Waals surface area contributed by atoms with E-state index >= 15 is 0 Å². The summed E-state index contributed by atoms with van der Waals surface area (Å²) in [5.41, 5.74) is -0.0117. The van der Waals surface area contributed by atoms with Crippen LogP contribution in [0.3, 0.4) is 0 Å². The molecule has 120 valence electrons. The van der Waals surface area contributed by atoms with Crippen LogP contribution in [0.5, 0.6) is 0 Å². The second-order valence-electron chi connectivity index (χ2n) is 5.61. The molecule has 2 atom stereocenters. The normalized spacial score (nSPS) is 20.5. The van der Waals surface area contributed by atoms with E-state index < -0.39 is 16.8 Å². The molecule has 0 unspecified atom stereocenters. The van der Waals surface area contributed by atoms with Gasteiger partial charge in [-0.25, -0.2) is 0 Å². The molecule has 0 aliphatic heterocycles. The van der Waals surface area contributed by atoms with Crippen molar-refractivity contribution in [3.63, 3.8) is 0 Å². The van der Waals surface area contributed by atoms with Gasteiger partial charge in [0.1, 0.15) is 0 Å². The molecule has 8 heteroatoms. The standard InChI is InChI=1S/C15H14N2O5S/c18-14(16-10-2-1-8(5-10)15(19)20)13-7-9-6-11(17(21)22)3-4-12(9)23-13/h3-4,6-8,10H,1-2,5H2,(H,16,18)(H,19,20)/t8-,10+/m1/s1. The third-order valence-electron chi connectivity index (χ3n) is 4.05. The summed E-state index contributed by atoms with van der Waals surface area (Å²) in [6, 6.07) is 5.98. The molecule has 7 nitrogen and oxygen atoms in total. The van der Waals surface area contributed by atoms with E-state index in [9.17, 15) is 19.7 Å². The van der Waals surface area contributed by atoms with Crippen molar-refractivity contribution in [3.8, 4) is 0 Å². The number of nitro groups is 1. The molecule has 1 amide bonds. The fourth-order valence-corrected chi connectivity index (χ4v) is 3.80. The number of carboxylic acid groups (broad SMARTS) is 1. The second-order valence-corrected chi connectivity index (χ2v) is 6.69. The van der Waals surface area contributed by atoms with Crippen molar-refractivity contribution in [2.45, 2.75) is 25.3 Å². The molecule has 1 fully saturated rings. The third kappa shape index (κ3) is 3.16. The maximum atomic E-state index is 12.3. The number of hydrogen-bond donors (Lipinski definition) is 2. The maximum Gasteiger partial charge on any atom is 0.306 e. The summed E-state index contributed by atoms with van der Waals surface area (Å²) in [4.78, 5) is 34.0. The van der Waals surface area contributed by atoms with Gasteiger partial charge < -0.3 is 10.4 Å². The minimum absolute atomic E-state index is 0.0117. The smallest absolute Gasteiger partial charge is 0.306 e. The van der Waals surface area contributed by atoms with Gasteiger partial charge in [-0.1, -0.05) is 0 Å². The van der Waals surface area contributed by atoms with Crippen LogP contribution < -0.4 is 5.32 Å². The molecule has 0 bridgehead atoms. The predicted octanol–water partition coefficient (Wildman–Crippen LogP) is 2.79. The van der Waals surface area contributed by atoms with Gasteiger partial charge in [-0.15, -0.1) is 11.3 Å². The van der Waals surface area contributed by atoms with E-state index in [0.717, 1.165) is 4.70 Å². The zero-order valence-corrected chi connectivity index (χ0v) is 12.8. The number of nitro benzene ring substituents is 1. The van der Waals surface area contributed by atoms with Crippen LogP contribution in [-0.4, -0.2) is 27.9 Å². The zero-order chi connectivity index (χ0) is 16.6. The molecule has 1 aromatic heterocycles. The van der Waals surface area contributed by atoms with Crippen LogP contribution in [0.1, 0.15) is 28.9 Å². The number of thiophene rings is 1. The van der Waals surface area contributed by atoms with Crippen LogP contribution in [0, 0.1) is 16.0 Å². The molecule has 1 aromatic carbocycles. The van der Waals surface area contributed by atoms with Crippen LogP contribution in [0.2, 0.25) is 0 Å². The van der Waals surface area contributed by atoms with E-state index in [0.29, 0.717) is 29.5 Å². The largest absolute Gasteiger partial charge is 0.481 e. The van der Waals surface area contributed by atoms with Crippen molar-refractivity contribution in [2.75, 3.05) is 0 Å². The SMILES string of the molecule is O=C(N[C@H]1CC[C@@H](C(=O)O)C1)c1cc2cc([N+](=O)[O-])ccc2s1. The van der Waals surface area contributed by atoms with Gasteiger partial charge in [0, 0.05) is 28.3 Å². The zero-order valence-electron chi connectivity index (χ0n) is 12.0. The fourth-order valence-electron chi connectivity index (χ4n) is 2.85. The second kappa shape index (κ2) is 5.96. The monoisotopic (exact) mass is 334 g/mol. The number of benzene rings is 1. The van der Waals surface area contributed by atoms with E-state index in [-0.39, 0.29) is 17.6 Å². The Kier molecular flexibility index (Phi) is 3.99. The number of non-ortho nitro benzene ring substituents is 1. The summed E-state index contributed by atoms with van der Waals surface area (Å²) in [5, 5.41) is 23.3. The van der Waals surface area contributed by atoms with Gasteiger partial charge in [0.05, 0.1) is 15.7 Å². The van der Waals surface area contributed by atoms with E-state index in [4.69, 9.17) is 5.11 Å². The van der Waals surface area contributed by atoms with Crippen LogP contribution >= 0.6 is 11.3 Å². The first kappa shape index (κ1) is 15.4. The van der Waals surface area contributed by atoms with E-state index in [1.165, 1.54) is 23.5 Å². The number of aliphatic carboxylic acids is 1. The van der Waals surface area contributed by atoms with Crippen LogP contribution in [0.25, 0.3) is 10.1 Å². The highest BCUT2D eigenvalue weighted by atomic mass is 32.1. The molecule has 1 saturated carbocycles. The first-order valence-corrected chi connectivity index (χ1v) is 7.97. The van der Waals surface area contributed by atoms with Crippen LogP contribution in [-0.2, 0) is 4.79 Å². The average molecular weight is 334 g/mol. The minimum atomic E-state index is -0.823. The van der Waals surface area contributed by atoms with E-state index in [2.05, 4.69) is 5.32 Å². The van der Waals surface area contributed by atoms with Gasteiger partial charge >= 0.3 is 5.97 Å². The van der Waals surface area contributed by atoms with Crippen molar-refractivity contribution in [1.29, 1.82) is 0 Å². The molecule has 2 N–H and O–H groups in total.